The molecule has 1 nitrogen and oxygen atoms in total. The summed E-state index contributed by atoms with van der Waals surface area (Å²) in [7, 11) is 1.86. The second-order valence-corrected chi connectivity index (χ2v) is 3.51. The topological polar surface area (TPSA) is 12.4 Å². The van der Waals surface area contributed by atoms with Crippen LogP contribution in [0.2, 0.25) is 0 Å². The molecule has 0 bridgehead atoms. The molecule has 0 fully saturated rings. The minimum absolute atomic E-state index is 0.591. The van der Waals surface area contributed by atoms with Gasteiger partial charge in [-0.3, -0.25) is 4.99 Å². The second-order valence-electron chi connectivity index (χ2n) is 3.51. The molecule has 0 aliphatic heterocycles. The molecule has 0 radical (unpaired) electrons. The van der Waals surface area contributed by atoms with Crippen LogP contribution < -0.4 is 0 Å². The number of aliphatic imine (C=N–C) groups is 1. The summed E-state index contributed by atoms with van der Waals surface area (Å²) in [6.07, 6.45) is 1.13. The number of nitrogens with zero attached hydrogens (tertiary/aromatic N) is 1. The highest BCUT2D eigenvalue weighted by Crippen LogP contribution is 2.18. The maximum absolute atomic E-state index is 4.24. The van der Waals surface area contributed by atoms with Crippen molar-refractivity contribution in [2.24, 2.45) is 10.9 Å². The van der Waals surface area contributed by atoms with E-state index in [1.165, 1.54) is 16.9 Å². The number of allylic oxidation sites excluding steroid dienone is 2. The Morgan fingerprint density at radius 1 is 1.25 bits per heavy atom. The Bertz CT molecular complexity index is 197. The Kier molecular flexibility index (Phi) is 4.87. The lowest BCUT2D eigenvalue weighted by Gasteiger charge is -2.14. The van der Waals surface area contributed by atoms with Crippen LogP contribution in [0.4, 0.5) is 0 Å². The average Bonchev–Trinajstić information content (AvgIpc) is 2.03. The van der Waals surface area contributed by atoms with Crippen molar-refractivity contribution in [1.29, 1.82) is 0 Å². The SMILES string of the molecule is CC/C(C)=C(/C(C)=NC)C(C)C. The van der Waals surface area contributed by atoms with E-state index < -0.39 is 0 Å². The second kappa shape index (κ2) is 5.13. The van der Waals surface area contributed by atoms with Crippen LogP contribution in [0, 0.1) is 5.92 Å². The highest BCUT2D eigenvalue weighted by molar-refractivity contribution is 5.99. The lowest BCUT2D eigenvalue weighted by atomic mass is 9.93. The van der Waals surface area contributed by atoms with E-state index >= 15 is 0 Å². The summed E-state index contributed by atoms with van der Waals surface area (Å²) in [6.45, 7) is 10.9. The minimum Gasteiger partial charge on any atom is -0.293 e. The molecule has 0 saturated carbocycles. The molecule has 0 saturated heterocycles. The molecule has 0 atom stereocenters. The summed E-state index contributed by atoms with van der Waals surface area (Å²) >= 11 is 0. The number of hydrogen-bond acceptors (Lipinski definition) is 1. The van der Waals surface area contributed by atoms with Crippen molar-refractivity contribution in [3.8, 4) is 0 Å². The normalized spacial score (nSPS) is 15.1. The van der Waals surface area contributed by atoms with Crippen molar-refractivity contribution in [3.05, 3.63) is 11.1 Å². The summed E-state index contributed by atoms with van der Waals surface area (Å²) in [5.41, 5.74) is 4.08. The van der Waals surface area contributed by atoms with E-state index in [9.17, 15) is 0 Å². The fourth-order valence-electron chi connectivity index (χ4n) is 1.53. The quantitative estimate of drug-likeness (QED) is 0.571. The fourth-order valence-corrected chi connectivity index (χ4v) is 1.53. The monoisotopic (exact) mass is 167 g/mol. The third-order valence-corrected chi connectivity index (χ3v) is 2.29. The molecule has 70 valence electrons. The Morgan fingerprint density at radius 2 is 1.75 bits per heavy atom. The standard InChI is InChI=1S/C11H21N/c1-7-9(4)11(8(2)3)10(5)12-6/h8H,7H2,1-6H3/b11-9+,12-10?. The molecule has 0 aromatic rings. The van der Waals surface area contributed by atoms with E-state index in [0.29, 0.717) is 5.92 Å². The molecule has 12 heavy (non-hydrogen) atoms. The molecule has 0 amide bonds. The van der Waals surface area contributed by atoms with E-state index in [1.54, 1.807) is 0 Å². The average molecular weight is 167 g/mol. The molecule has 0 aliphatic carbocycles. The summed E-state index contributed by atoms with van der Waals surface area (Å²) in [6, 6.07) is 0. The molecule has 1 heteroatoms. The van der Waals surface area contributed by atoms with Crippen molar-refractivity contribution < 1.29 is 0 Å². The zero-order chi connectivity index (χ0) is 9.72. The van der Waals surface area contributed by atoms with Gasteiger partial charge < -0.3 is 0 Å². The largest absolute Gasteiger partial charge is 0.293 e. The van der Waals surface area contributed by atoms with Gasteiger partial charge in [-0.1, -0.05) is 26.3 Å². The third-order valence-electron chi connectivity index (χ3n) is 2.29. The Hall–Kier alpha value is -0.590. The van der Waals surface area contributed by atoms with E-state index in [1.807, 2.05) is 7.05 Å². The molecule has 0 rings (SSSR count). The van der Waals surface area contributed by atoms with Gasteiger partial charge in [-0.25, -0.2) is 0 Å². The van der Waals surface area contributed by atoms with Crippen LogP contribution in [0.5, 0.6) is 0 Å². The summed E-state index contributed by atoms with van der Waals surface area (Å²) in [5.74, 6) is 0.591. The maximum Gasteiger partial charge on any atom is 0.0347 e. The molecule has 0 aromatic heterocycles. The smallest absolute Gasteiger partial charge is 0.0347 e. The van der Waals surface area contributed by atoms with Crippen molar-refractivity contribution in [3.63, 3.8) is 0 Å². The summed E-state index contributed by atoms with van der Waals surface area (Å²) < 4.78 is 0. The van der Waals surface area contributed by atoms with Gasteiger partial charge in [0, 0.05) is 12.8 Å². The molecule has 0 aliphatic rings. The van der Waals surface area contributed by atoms with E-state index in [2.05, 4.69) is 39.6 Å². The van der Waals surface area contributed by atoms with Gasteiger partial charge in [0.1, 0.15) is 0 Å². The van der Waals surface area contributed by atoms with Crippen molar-refractivity contribution >= 4 is 5.71 Å². The van der Waals surface area contributed by atoms with Crippen LogP contribution in [0.25, 0.3) is 0 Å². The Labute approximate surface area is 76.6 Å². The number of hydrogen-bond donors (Lipinski definition) is 0. The van der Waals surface area contributed by atoms with Crippen LogP contribution in [-0.4, -0.2) is 12.8 Å². The lowest BCUT2D eigenvalue weighted by Crippen LogP contribution is -2.07. The predicted molar refractivity (Wildman–Crippen MR) is 56.9 cm³/mol. The molecular weight excluding hydrogens is 146 g/mol. The van der Waals surface area contributed by atoms with E-state index in [0.717, 1.165) is 6.42 Å². The van der Waals surface area contributed by atoms with Crippen LogP contribution in [-0.2, 0) is 0 Å². The number of rotatable bonds is 3. The van der Waals surface area contributed by atoms with Gasteiger partial charge in [0.2, 0.25) is 0 Å². The van der Waals surface area contributed by atoms with Crippen LogP contribution in [0.1, 0.15) is 41.0 Å². The van der Waals surface area contributed by atoms with Gasteiger partial charge in [-0.2, -0.15) is 0 Å². The maximum atomic E-state index is 4.24. The Morgan fingerprint density at radius 3 is 2.00 bits per heavy atom. The van der Waals surface area contributed by atoms with Crippen LogP contribution in [0.15, 0.2) is 16.1 Å². The van der Waals surface area contributed by atoms with Crippen molar-refractivity contribution in [1.82, 2.24) is 0 Å². The first-order valence-corrected chi connectivity index (χ1v) is 4.67. The zero-order valence-electron chi connectivity index (χ0n) is 9.23. The van der Waals surface area contributed by atoms with Gasteiger partial charge in [0.05, 0.1) is 0 Å². The first-order chi connectivity index (χ1) is 5.54. The van der Waals surface area contributed by atoms with Gasteiger partial charge in [0.15, 0.2) is 0 Å². The summed E-state index contributed by atoms with van der Waals surface area (Å²) in [5, 5.41) is 0. The van der Waals surface area contributed by atoms with Gasteiger partial charge in [-0.05, 0) is 31.8 Å². The highest BCUT2D eigenvalue weighted by Gasteiger charge is 2.08. The zero-order valence-corrected chi connectivity index (χ0v) is 9.23. The van der Waals surface area contributed by atoms with Gasteiger partial charge >= 0.3 is 0 Å². The minimum atomic E-state index is 0.591. The third kappa shape index (κ3) is 2.80. The summed E-state index contributed by atoms with van der Waals surface area (Å²) in [4.78, 5) is 4.24. The van der Waals surface area contributed by atoms with Crippen LogP contribution >= 0.6 is 0 Å². The van der Waals surface area contributed by atoms with Crippen LogP contribution in [0.3, 0.4) is 0 Å². The van der Waals surface area contributed by atoms with Gasteiger partial charge in [0.25, 0.3) is 0 Å². The molecule has 0 N–H and O–H groups in total. The van der Waals surface area contributed by atoms with Crippen molar-refractivity contribution in [2.75, 3.05) is 7.05 Å². The molecule has 0 heterocycles. The van der Waals surface area contributed by atoms with Gasteiger partial charge in [-0.15, -0.1) is 0 Å². The van der Waals surface area contributed by atoms with Crippen molar-refractivity contribution in [2.45, 2.75) is 41.0 Å². The lowest BCUT2D eigenvalue weighted by molar-refractivity contribution is 0.781. The highest BCUT2D eigenvalue weighted by atomic mass is 14.7. The molecular formula is C11H21N. The molecule has 0 aromatic carbocycles. The molecule has 0 spiro atoms. The Balaban J connectivity index is 4.92. The first-order valence-electron chi connectivity index (χ1n) is 4.67. The van der Waals surface area contributed by atoms with E-state index in [4.69, 9.17) is 0 Å². The van der Waals surface area contributed by atoms with E-state index in [-0.39, 0.29) is 0 Å². The predicted octanol–water partition coefficient (Wildman–Crippen LogP) is 3.46. The molecule has 0 unspecified atom stereocenters. The fraction of sp³-hybridized carbons (Fsp3) is 0.727. The first kappa shape index (κ1) is 11.4.